The molecule has 10 nitrogen and oxygen atoms in total. The zero-order valence-corrected chi connectivity index (χ0v) is 22.8. The maximum Gasteiger partial charge on any atom is 0.417 e. The van der Waals surface area contributed by atoms with Gasteiger partial charge in [0.2, 0.25) is 5.91 Å². The molecule has 2 aliphatic rings. The molecule has 0 saturated carbocycles. The summed E-state index contributed by atoms with van der Waals surface area (Å²) >= 11 is 0. The van der Waals surface area contributed by atoms with Crippen LogP contribution in [0.25, 0.3) is 0 Å². The van der Waals surface area contributed by atoms with Crippen LogP contribution in [0.1, 0.15) is 31.9 Å². The van der Waals surface area contributed by atoms with Crippen molar-refractivity contribution in [3.05, 3.63) is 71.8 Å². The number of nitrogens with one attached hydrogen (secondary N) is 1. The molecule has 0 aromatic heterocycles. The van der Waals surface area contributed by atoms with E-state index in [0.29, 0.717) is 26.4 Å². The number of carbonyl (C=O) groups excluding carboxylic acids is 3. The first-order valence-corrected chi connectivity index (χ1v) is 12.9. The smallest absolute Gasteiger partial charge is 0.417 e. The molecule has 3 amide bonds. The lowest BCUT2D eigenvalue weighted by molar-refractivity contribution is -0.149. The molecule has 0 bridgehead atoms. The summed E-state index contributed by atoms with van der Waals surface area (Å²) in [5.74, 6) is -0.474. The van der Waals surface area contributed by atoms with Gasteiger partial charge >= 0.3 is 6.09 Å². The maximum absolute atomic E-state index is 12.2. The Morgan fingerprint density at radius 3 is 2.00 bits per heavy atom. The monoisotopic (exact) mass is 542 g/mol. The van der Waals surface area contributed by atoms with E-state index in [0.717, 1.165) is 16.0 Å². The molecule has 2 fully saturated rings. The SMILES string of the molecule is CC(C)(C)OC(=O)N1C(=O)COC[C@@H]1COCc1ccccc1.O=C1COC[C@H](COCc2ccccc2)N1. The van der Waals surface area contributed by atoms with Crippen LogP contribution in [0.15, 0.2) is 60.7 Å². The standard InChI is InChI=1S/C17H23NO5.C12H15NO3/c1-17(2,3)23-16(20)18-14(11-22-12-15(18)19)10-21-9-13-7-5-4-6-8-13;14-12-9-16-8-11(13-12)7-15-6-10-4-2-1-3-5-10/h4-8,14H,9-12H2,1-3H3;1-5,11H,6-9H2,(H,13,14)/t14-;11-/m00/s1. The van der Waals surface area contributed by atoms with Crippen LogP contribution in [0.5, 0.6) is 0 Å². The molecule has 2 aromatic rings. The molecule has 212 valence electrons. The van der Waals surface area contributed by atoms with E-state index in [1.807, 2.05) is 60.7 Å². The molecular weight excluding hydrogens is 504 g/mol. The molecule has 10 heteroatoms. The third-order valence-electron chi connectivity index (χ3n) is 5.53. The first-order valence-electron chi connectivity index (χ1n) is 12.9. The van der Waals surface area contributed by atoms with Crippen LogP contribution in [-0.4, -0.2) is 80.1 Å². The fraction of sp³-hybridized carbons (Fsp3) is 0.483. The highest BCUT2D eigenvalue weighted by molar-refractivity contribution is 5.93. The van der Waals surface area contributed by atoms with Crippen molar-refractivity contribution in [1.29, 1.82) is 0 Å². The van der Waals surface area contributed by atoms with Crippen LogP contribution < -0.4 is 5.32 Å². The Morgan fingerprint density at radius 2 is 1.44 bits per heavy atom. The number of nitrogens with zero attached hydrogens (tertiary/aromatic N) is 1. The molecular formula is C29H38N2O8. The Balaban J connectivity index is 0.000000230. The summed E-state index contributed by atoms with van der Waals surface area (Å²) < 4.78 is 26.8. The molecule has 2 aliphatic heterocycles. The Kier molecular flexibility index (Phi) is 11.9. The lowest BCUT2D eigenvalue weighted by atomic mass is 10.2. The predicted molar refractivity (Wildman–Crippen MR) is 143 cm³/mol. The van der Waals surface area contributed by atoms with E-state index in [1.165, 1.54) is 0 Å². The molecule has 2 atom stereocenters. The number of rotatable bonds is 8. The van der Waals surface area contributed by atoms with E-state index < -0.39 is 23.6 Å². The maximum atomic E-state index is 12.2. The van der Waals surface area contributed by atoms with Crippen LogP contribution in [0.2, 0.25) is 0 Å². The van der Waals surface area contributed by atoms with Gasteiger partial charge < -0.3 is 29.0 Å². The Morgan fingerprint density at radius 1 is 0.872 bits per heavy atom. The van der Waals surface area contributed by atoms with Crippen LogP contribution >= 0.6 is 0 Å². The highest BCUT2D eigenvalue weighted by Crippen LogP contribution is 2.16. The third-order valence-corrected chi connectivity index (χ3v) is 5.53. The normalized spacial score (nSPS) is 19.5. The van der Waals surface area contributed by atoms with Crippen LogP contribution in [-0.2, 0) is 46.5 Å². The zero-order valence-electron chi connectivity index (χ0n) is 22.8. The van der Waals surface area contributed by atoms with Crippen molar-refractivity contribution in [3.8, 4) is 0 Å². The summed E-state index contributed by atoms with van der Waals surface area (Å²) in [6.45, 7) is 7.77. The van der Waals surface area contributed by atoms with Crippen molar-refractivity contribution in [3.63, 3.8) is 0 Å². The highest BCUT2D eigenvalue weighted by atomic mass is 16.6. The van der Waals surface area contributed by atoms with Crippen molar-refractivity contribution in [1.82, 2.24) is 10.2 Å². The second kappa shape index (κ2) is 15.3. The van der Waals surface area contributed by atoms with Crippen LogP contribution in [0, 0.1) is 0 Å². The molecule has 0 unspecified atom stereocenters. The first-order chi connectivity index (χ1) is 18.7. The third kappa shape index (κ3) is 11.1. The quantitative estimate of drug-likeness (QED) is 0.542. The van der Waals surface area contributed by atoms with Gasteiger partial charge in [0, 0.05) is 0 Å². The summed E-state index contributed by atoms with van der Waals surface area (Å²) in [6, 6.07) is 19.1. The number of ether oxygens (including phenoxy) is 5. The minimum atomic E-state index is -0.662. The van der Waals surface area contributed by atoms with Gasteiger partial charge in [0.05, 0.1) is 51.7 Å². The van der Waals surface area contributed by atoms with E-state index >= 15 is 0 Å². The Bertz CT molecular complexity index is 1040. The number of hydrogen-bond donors (Lipinski definition) is 1. The van der Waals surface area contributed by atoms with Crippen LogP contribution in [0.3, 0.4) is 0 Å². The Labute approximate surface area is 229 Å². The van der Waals surface area contributed by atoms with Gasteiger partial charge in [0.15, 0.2) is 0 Å². The van der Waals surface area contributed by atoms with Crippen molar-refractivity contribution < 1.29 is 38.1 Å². The van der Waals surface area contributed by atoms with Gasteiger partial charge in [-0.15, -0.1) is 0 Å². The molecule has 2 heterocycles. The lowest BCUT2D eigenvalue weighted by Crippen LogP contribution is -2.55. The molecule has 0 aliphatic carbocycles. The highest BCUT2D eigenvalue weighted by Gasteiger charge is 2.36. The fourth-order valence-corrected chi connectivity index (χ4v) is 3.79. The van der Waals surface area contributed by atoms with Gasteiger partial charge in [-0.25, -0.2) is 9.69 Å². The molecule has 2 saturated heterocycles. The average Bonchev–Trinajstić information content (AvgIpc) is 2.89. The molecule has 2 aromatic carbocycles. The summed E-state index contributed by atoms with van der Waals surface area (Å²) in [5, 5.41) is 2.81. The van der Waals surface area contributed by atoms with E-state index in [1.54, 1.807) is 20.8 Å². The van der Waals surface area contributed by atoms with Crippen molar-refractivity contribution in [2.24, 2.45) is 0 Å². The summed E-state index contributed by atoms with van der Waals surface area (Å²) in [5.41, 5.74) is 1.50. The van der Waals surface area contributed by atoms with Crippen LogP contribution in [0.4, 0.5) is 4.79 Å². The summed E-state index contributed by atoms with van der Waals surface area (Å²) in [7, 11) is 0. The number of carbonyl (C=O) groups is 3. The largest absolute Gasteiger partial charge is 0.443 e. The second-order valence-electron chi connectivity index (χ2n) is 10.2. The minimum Gasteiger partial charge on any atom is -0.443 e. The fourth-order valence-electron chi connectivity index (χ4n) is 3.79. The van der Waals surface area contributed by atoms with Gasteiger partial charge in [-0.3, -0.25) is 9.59 Å². The van der Waals surface area contributed by atoms with E-state index in [2.05, 4.69) is 5.32 Å². The van der Waals surface area contributed by atoms with Gasteiger partial charge in [0.1, 0.15) is 18.8 Å². The average molecular weight is 543 g/mol. The minimum absolute atomic E-state index is 0.0232. The number of hydrogen-bond acceptors (Lipinski definition) is 8. The molecule has 1 N–H and O–H groups in total. The predicted octanol–water partition coefficient (Wildman–Crippen LogP) is 3.08. The van der Waals surface area contributed by atoms with Gasteiger partial charge in [-0.1, -0.05) is 60.7 Å². The zero-order chi connectivity index (χ0) is 28.1. The number of benzene rings is 2. The molecule has 0 radical (unpaired) electrons. The number of morpholine rings is 2. The van der Waals surface area contributed by atoms with E-state index in [-0.39, 0.29) is 38.4 Å². The number of amides is 3. The van der Waals surface area contributed by atoms with E-state index in [4.69, 9.17) is 23.7 Å². The second-order valence-corrected chi connectivity index (χ2v) is 10.2. The summed E-state index contributed by atoms with van der Waals surface area (Å²) in [6.07, 6.45) is -0.654. The number of imide groups is 1. The van der Waals surface area contributed by atoms with Crippen molar-refractivity contribution in [2.45, 2.75) is 51.7 Å². The molecule has 4 rings (SSSR count). The van der Waals surface area contributed by atoms with Gasteiger partial charge in [0.25, 0.3) is 5.91 Å². The summed E-state index contributed by atoms with van der Waals surface area (Å²) in [4.78, 5) is 36.4. The van der Waals surface area contributed by atoms with E-state index in [9.17, 15) is 14.4 Å². The molecule has 39 heavy (non-hydrogen) atoms. The van der Waals surface area contributed by atoms with Crippen molar-refractivity contribution >= 4 is 17.9 Å². The first kappa shape index (κ1) is 30.2. The van der Waals surface area contributed by atoms with Gasteiger partial charge in [-0.2, -0.15) is 0 Å². The van der Waals surface area contributed by atoms with Gasteiger partial charge in [-0.05, 0) is 31.9 Å². The Hall–Kier alpha value is -3.31. The topological polar surface area (TPSA) is 113 Å². The lowest BCUT2D eigenvalue weighted by Gasteiger charge is -2.34. The molecule has 0 spiro atoms. The van der Waals surface area contributed by atoms with Crippen molar-refractivity contribution in [2.75, 3.05) is 39.6 Å².